The lowest BCUT2D eigenvalue weighted by Crippen LogP contribution is -2.32. The lowest BCUT2D eigenvalue weighted by molar-refractivity contribution is 0.204. The average molecular weight is 441 g/mol. The Morgan fingerprint density at radius 1 is 1.09 bits per heavy atom. The van der Waals surface area contributed by atoms with Gasteiger partial charge in [-0.3, -0.25) is 4.90 Å². The topological polar surface area (TPSA) is 66.0 Å². The van der Waals surface area contributed by atoms with E-state index in [9.17, 15) is 5.26 Å². The number of rotatable bonds is 5. The van der Waals surface area contributed by atoms with Crippen LogP contribution in [0.4, 0.5) is 0 Å². The van der Waals surface area contributed by atoms with Crippen molar-refractivity contribution >= 4 is 11.3 Å². The van der Waals surface area contributed by atoms with E-state index in [0.29, 0.717) is 5.92 Å². The van der Waals surface area contributed by atoms with Gasteiger partial charge in [0.1, 0.15) is 11.5 Å². The van der Waals surface area contributed by atoms with E-state index in [1.807, 2.05) is 55.5 Å². The van der Waals surface area contributed by atoms with Gasteiger partial charge in [0.15, 0.2) is 0 Å². The zero-order valence-corrected chi connectivity index (χ0v) is 18.8. The predicted molar refractivity (Wildman–Crippen MR) is 126 cm³/mol. The molecule has 0 unspecified atom stereocenters. The number of likely N-dealkylation sites (tertiary alicyclic amines) is 1. The largest absolute Gasteiger partial charge is 0.360 e. The number of nitrogens with zero attached hydrogens (tertiary/aromatic N) is 4. The Labute approximate surface area is 191 Å². The van der Waals surface area contributed by atoms with Crippen molar-refractivity contribution in [3.8, 4) is 28.6 Å². The summed E-state index contributed by atoms with van der Waals surface area (Å²) in [6.07, 6.45) is 2.16. The fourth-order valence-electron chi connectivity index (χ4n) is 4.40. The van der Waals surface area contributed by atoms with Gasteiger partial charge in [0.2, 0.25) is 0 Å². The van der Waals surface area contributed by atoms with Gasteiger partial charge in [0.05, 0.1) is 27.9 Å². The van der Waals surface area contributed by atoms with Gasteiger partial charge in [-0.2, -0.15) is 5.26 Å². The van der Waals surface area contributed by atoms with Crippen molar-refractivity contribution in [2.45, 2.75) is 32.2 Å². The number of piperidine rings is 1. The Kier molecular flexibility index (Phi) is 5.85. The molecule has 160 valence electrons. The van der Waals surface area contributed by atoms with Gasteiger partial charge in [-0.05, 0) is 44.5 Å². The van der Waals surface area contributed by atoms with Gasteiger partial charge in [0.25, 0.3) is 0 Å². The molecule has 1 aliphatic heterocycles. The molecule has 2 aromatic carbocycles. The second-order valence-electron chi connectivity index (χ2n) is 8.22. The highest BCUT2D eigenvalue weighted by Gasteiger charge is 2.25. The average Bonchev–Trinajstić information content (AvgIpc) is 3.47. The number of thiazole rings is 1. The third-order valence-corrected chi connectivity index (χ3v) is 7.16. The molecule has 0 atom stereocenters. The highest BCUT2D eigenvalue weighted by Crippen LogP contribution is 2.38. The van der Waals surface area contributed by atoms with E-state index in [2.05, 4.69) is 27.6 Å². The molecule has 1 aliphatic rings. The zero-order valence-electron chi connectivity index (χ0n) is 18.0. The van der Waals surface area contributed by atoms with E-state index in [1.54, 1.807) is 11.3 Å². The first-order chi connectivity index (χ1) is 15.7. The molecular formula is C26H24N4OS. The van der Waals surface area contributed by atoms with Crippen LogP contribution in [0.25, 0.3) is 22.5 Å². The van der Waals surface area contributed by atoms with Crippen LogP contribution in [-0.4, -0.2) is 28.1 Å². The maximum Gasteiger partial charge on any atom is 0.143 e. The second kappa shape index (κ2) is 9.07. The number of hydrogen-bond donors (Lipinski definition) is 0. The first-order valence-electron chi connectivity index (χ1n) is 10.9. The summed E-state index contributed by atoms with van der Waals surface area (Å²) >= 11 is 1.74. The molecule has 5 nitrogen and oxygen atoms in total. The smallest absolute Gasteiger partial charge is 0.143 e. The normalized spacial score (nSPS) is 15.0. The molecule has 0 aliphatic carbocycles. The lowest BCUT2D eigenvalue weighted by Gasteiger charge is -2.31. The maximum atomic E-state index is 9.34. The van der Waals surface area contributed by atoms with E-state index < -0.39 is 0 Å². The molecule has 0 bridgehead atoms. The predicted octanol–water partition coefficient (Wildman–Crippen LogP) is 6.02. The Balaban J connectivity index is 1.29. The first-order valence-corrected chi connectivity index (χ1v) is 11.8. The summed E-state index contributed by atoms with van der Waals surface area (Å²) in [4.78, 5) is 7.46. The van der Waals surface area contributed by atoms with Gasteiger partial charge in [-0.1, -0.05) is 53.7 Å². The SMILES string of the molecule is Cc1onc(-c2ccccc2)c1-c1csc(C2CCN(Cc3ccccc3C#N)CC2)n1. The summed E-state index contributed by atoms with van der Waals surface area (Å²) < 4.78 is 5.53. The van der Waals surface area contributed by atoms with E-state index in [-0.39, 0.29) is 0 Å². The van der Waals surface area contributed by atoms with Crippen molar-refractivity contribution < 1.29 is 4.52 Å². The molecule has 0 amide bonds. The summed E-state index contributed by atoms with van der Waals surface area (Å²) in [7, 11) is 0. The van der Waals surface area contributed by atoms with Crippen LogP contribution < -0.4 is 0 Å². The Bertz CT molecular complexity index is 1250. The van der Waals surface area contributed by atoms with Crippen LogP contribution in [0.2, 0.25) is 0 Å². The molecule has 6 heteroatoms. The zero-order chi connectivity index (χ0) is 21.9. The van der Waals surface area contributed by atoms with Crippen LogP contribution in [0, 0.1) is 18.3 Å². The number of aryl methyl sites for hydroxylation is 1. The third-order valence-electron chi connectivity index (χ3n) is 6.16. The molecule has 32 heavy (non-hydrogen) atoms. The quantitative estimate of drug-likeness (QED) is 0.379. The number of nitriles is 1. The van der Waals surface area contributed by atoms with Crippen LogP contribution in [0.1, 0.15) is 40.7 Å². The Morgan fingerprint density at radius 2 is 1.84 bits per heavy atom. The number of aromatic nitrogens is 2. The van der Waals surface area contributed by atoms with Crippen molar-refractivity contribution in [2.24, 2.45) is 0 Å². The van der Waals surface area contributed by atoms with Gasteiger partial charge >= 0.3 is 0 Å². The van der Waals surface area contributed by atoms with Crippen LogP contribution in [-0.2, 0) is 6.54 Å². The minimum atomic E-state index is 0.469. The first kappa shape index (κ1) is 20.6. The maximum absolute atomic E-state index is 9.34. The molecule has 4 aromatic rings. The molecule has 0 N–H and O–H groups in total. The molecular weight excluding hydrogens is 416 g/mol. The fraction of sp³-hybridized carbons (Fsp3) is 0.269. The van der Waals surface area contributed by atoms with Crippen molar-refractivity contribution in [1.29, 1.82) is 5.26 Å². The summed E-state index contributed by atoms with van der Waals surface area (Å²) in [6, 6.07) is 20.3. The van der Waals surface area contributed by atoms with Crippen molar-refractivity contribution in [2.75, 3.05) is 13.1 Å². The van der Waals surface area contributed by atoms with E-state index in [1.165, 1.54) is 5.01 Å². The summed E-state index contributed by atoms with van der Waals surface area (Å²) in [5.74, 6) is 1.27. The second-order valence-corrected chi connectivity index (χ2v) is 9.11. The Hall–Kier alpha value is -3.27. The molecule has 1 fully saturated rings. The van der Waals surface area contributed by atoms with E-state index in [4.69, 9.17) is 9.51 Å². The van der Waals surface area contributed by atoms with Crippen molar-refractivity contribution in [3.05, 3.63) is 81.9 Å². The number of hydrogen-bond acceptors (Lipinski definition) is 6. The fourth-order valence-corrected chi connectivity index (χ4v) is 5.39. The molecule has 5 rings (SSSR count). The highest BCUT2D eigenvalue weighted by atomic mass is 32.1. The summed E-state index contributed by atoms with van der Waals surface area (Å²) in [5, 5.41) is 17.0. The van der Waals surface area contributed by atoms with Crippen LogP contribution >= 0.6 is 11.3 Å². The van der Waals surface area contributed by atoms with Crippen molar-refractivity contribution in [3.63, 3.8) is 0 Å². The molecule has 2 aromatic heterocycles. The minimum absolute atomic E-state index is 0.469. The third kappa shape index (κ3) is 4.10. The Morgan fingerprint density at radius 3 is 2.62 bits per heavy atom. The molecule has 0 radical (unpaired) electrons. The standard InChI is InChI=1S/C26H24N4OS/c1-18-24(25(29-31-18)19-7-3-2-4-8-19)23-17-32-26(28-23)20-11-13-30(14-12-20)16-22-10-6-5-9-21(22)15-27/h2-10,17,20H,11-14,16H2,1H3. The molecule has 0 saturated carbocycles. The van der Waals surface area contributed by atoms with Crippen molar-refractivity contribution in [1.82, 2.24) is 15.0 Å². The van der Waals surface area contributed by atoms with Gasteiger partial charge in [-0.25, -0.2) is 4.98 Å². The van der Waals surface area contributed by atoms with E-state index >= 15 is 0 Å². The monoisotopic (exact) mass is 440 g/mol. The molecule has 1 saturated heterocycles. The van der Waals surface area contributed by atoms with E-state index in [0.717, 1.165) is 71.9 Å². The molecule has 3 heterocycles. The van der Waals surface area contributed by atoms with Crippen LogP contribution in [0.3, 0.4) is 0 Å². The van der Waals surface area contributed by atoms with Gasteiger partial charge in [0, 0.05) is 23.4 Å². The summed E-state index contributed by atoms with van der Waals surface area (Å²) in [6.45, 7) is 4.81. The van der Waals surface area contributed by atoms with Crippen LogP contribution in [0.5, 0.6) is 0 Å². The lowest BCUT2D eigenvalue weighted by atomic mass is 9.96. The van der Waals surface area contributed by atoms with Gasteiger partial charge < -0.3 is 4.52 Å². The summed E-state index contributed by atoms with van der Waals surface area (Å²) in [5.41, 5.74) is 5.72. The van der Waals surface area contributed by atoms with Gasteiger partial charge in [-0.15, -0.1) is 11.3 Å². The highest BCUT2D eigenvalue weighted by molar-refractivity contribution is 7.10. The number of benzene rings is 2. The minimum Gasteiger partial charge on any atom is -0.360 e. The van der Waals surface area contributed by atoms with Crippen LogP contribution in [0.15, 0.2) is 64.5 Å². The molecule has 0 spiro atoms.